The number of oxime groups is 1. The molecule has 0 fully saturated rings. The predicted octanol–water partition coefficient (Wildman–Crippen LogP) is 4.86. The van der Waals surface area contributed by atoms with Crippen LogP contribution in [0.3, 0.4) is 0 Å². The van der Waals surface area contributed by atoms with Crippen molar-refractivity contribution in [1.82, 2.24) is 0 Å². The zero-order chi connectivity index (χ0) is 15.4. The van der Waals surface area contributed by atoms with E-state index in [1.54, 1.807) is 0 Å². The van der Waals surface area contributed by atoms with Crippen molar-refractivity contribution in [2.24, 2.45) is 5.16 Å². The summed E-state index contributed by atoms with van der Waals surface area (Å²) in [7, 11) is 1.45. The Kier molecular flexibility index (Phi) is 9.67. The van der Waals surface area contributed by atoms with E-state index >= 15 is 0 Å². The molecule has 0 bridgehead atoms. The molecule has 0 atom stereocenters. The molecular weight excluding hydrogens is 246 g/mol. The van der Waals surface area contributed by atoms with Crippen LogP contribution < -0.4 is 0 Å². The third-order valence-electron chi connectivity index (χ3n) is 2.98. The highest BCUT2D eigenvalue weighted by molar-refractivity contribution is 5.24. The van der Waals surface area contributed by atoms with Crippen molar-refractivity contribution >= 4 is 6.72 Å². The Hall–Kier alpha value is -2.09. The van der Waals surface area contributed by atoms with Gasteiger partial charge in [-0.2, -0.15) is 0 Å². The molecule has 0 aliphatic heterocycles. The topological polar surface area (TPSA) is 21.6 Å². The van der Waals surface area contributed by atoms with Crippen molar-refractivity contribution < 1.29 is 4.84 Å². The predicted molar refractivity (Wildman–Crippen MR) is 88.4 cm³/mol. The first-order valence-corrected chi connectivity index (χ1v) is 6.56. The van der Waals surface area contributed by atoms with Gasteiger partial charge in [-0.1, -0.05) is 48.5 Å². The molecule has 0 amide bonds. The first kappa shape index (κ1) is 17.9. The number of hydrogen-bond donors (Lipinski definition) is 0. The fourth-order valence-corrected chi connectivity index (χ4v) is 1.33. The second-order valence-corrected chi connectivity index (χ2v) is 4.48. The summed E-state index contributed by atoms with van der Waals surface area (Å²) in [5, 5.41) is 2.99. The van der Waals surface area contributed by atoms with E-state index < -0.39 is 0 Å². The Bertz CT molecular complexity index is 421. The van der Waals surface area contributed by atoms with Gasteiger partial charge in [-0.3, -0.25) is 0 Å². The molecule has 2 aromatic carbocycles. The van der Waals surface area contributed by atoms with E-state index in [9.17, 15) is 0 Å². The molecule has 0 spiro atoms. The molecule has 0 saturated heterocycles. The van der Waals surface area contributed by atoms with Crippen LogP contribution in [0.5, 0.6) is 0 Å². The summed E-state index contributed by atoms with van der Waals surface area (Å²) in [5.41, 5.74) is 5.47. The summed E-state index contributed by atoms with van der Waals surface area (Å²) in [4.78, 5) is 4.06. The van der Waals surface area contributed by atoms with Gasteiger partial charge in [-0.05, 0) is 49.9 Å². The summed E-state index contributed by atoms with van der Waals surface area (Å²) in [5.74, 6) is 0. The molecular formula is C18H25NO. The van der Waals surface area contributed by atoms with Crippen LogP contribution in [0.2, 0.25) is 0 Å². The fraction of sp³-hybridized carbons (Fsp3) is 0.278. The van der Waals surface area contributed by atoms with Crippen LogP contribution in [0.1, 0.15) is 22.3 Å². The lowest BCUT2D eigenvalue weighted by molar-refractivity contribution is 0.217. The van der Waals surface area contributed by atoms with Gasteiger partial charge in [0.15, 0.2) is 0 Å². The van der Waals surface area contributed by atoms with E-state index in [1.165, 1.54) is 29.4 Å². The van der Waals surface area contributed by atoms with Gasteiger partial charge in [0, 0.05) is 6.72 Å². The largest absolute Gasteiger partial charge is 0.400 e. The quantitative estimate of drug-likeness (QED) is 0.536. The monoisotopic (exact) mass is 271 g/mol. The van der Waals surface area contributed by atoms with Crippen molar-refractivity contribution in [1.29, 1.82) is 0 Å². The standard InChI is InChI=1S/2C8H10.C2H5NO/c2*1-7-5-3-4-6-8(7)2;1-3-4-2/h2*3-6H,1-2H3;1H2,2H3. The highest BCUT2D eigenvalue weighted by Crippen LogP contribution is 2.03. The average molecular weight is 271 g/mol. The fourth-order valence-electron chi connectivity index (χ4n) is 1.33. The van der Waals surface area contributed by atoms with E-state index in [4.69, 9.17) is 0 Å². The molecule has 2 heteroatoms. The summed E-state index contributed by atoms with van der Waals surface area (Å²) in [6.07, 6.45) is 0. The number of aryl methyl sites for hydroxylation is 4. The molecule has 0 N–H and O–H groups in total. The smallest absolute Gasteiger partial charge is 0.106 e. The van der Waals surface area contributed by atoms with Gasteiger partial charge in [0.25, 0.3) is 0 Å². The second kappa shape index (κ2) is 10.8. The van der Waals surface area contributed by atoms with E-state index in [0.717, 1.165) is 0 Å². The van der Waals surface area contributed by atoms with Crippen molar-refractivity contribution in [2.75, 3.05) is 7.11 Å². The maximum absolute atomic E-state index is 4.06. The minimum absolute atomic E-state index is 1.37. The van der Waals surface area contributed by atoms with Crippen LogP contribution in [0, 0.1) is 27.7 Å². The van der Waals surface area contributed by atoms with Gasteiger partial charge < -0.3 is 4.84 Å². The summed E-state index contributed by atoms with van der Waals surface area (Å²) in [6, 6.07) is 16.7. The molecule has 20 heavy (non-hydrogen) atoms. The van der Waals surface area contributed by atoms with Crippen molar-refractivity contribution in [3.8, 4) is 0 Å². The zero-order valence-electron chi connectivity index (χ0n) is 13.2. The summed E-state index contributed by atoms with van der Waals surface area (Å²) < 4.78 is 0. The van der Waals surface area contributed by atoms with Gasteiger partial charge >= 0.3 is 0 Å². The lowest BCUT2D eigenvalue weighted by atomic mass is 10.1. The van der Waals surface area contributed by atoms with Crippen LogP contribution in [-0.4, -0.2) is 13.8 Å². The first-order chi connectivity index (χ1) is 9.52. The van der Waals surface area contributed by atoms with Crippen LogP contribution >= 0.6 is 0 Å². The number of benzene rings is 2. The Morgan fingerprint density at radius 3 is 1.00 bits per heavy atom. The van der Waals surface area contributed by atoms with Crippen LogP contribution in [0.15, 0.2) is 53.7 Å². The Balaban J connectivity index is 0.000000289. The third kappa shape index (κ3) is 8.09. The van der Waals surface area contributed by atoms with E-state index in [-0.39, 0.29) is 0 Å². The lowest BCUT2D eigenvalue weighted by Crippen LogP contribution is -1.74. The SMILES string of the molecule is C=NOC.Cc1ccccc1C.Cc1ccccc1C. The van der Waals surface area contributed by atoms with Crippen LogP contribution in [0.25, 0.3) is 0 Å². The second-order valence-electron chi connectivity index (χ2n) is 4.48. The number of hydrogen-bond acceptors (Lipinski definition) is 2. The van der Waals surface area contributed by atoms with Crippen LogP contribution in [0.4, 0.5) is 0 Å². The Morgan fingerprint density at radius 1 is 0.700 bits per heavy atom. The maximum atomic E-state index is 4.06. The zero-order valence-corrected chi connectivity index (χ0v) is 13.2. The lowest BCUT2D eigenvalue weighted by Gasteiger charge is -1.93. The molecule has 0 saturated carbocycles. The van der Waals surface area contributed by atoms with E-state index in [2.05, 4.69) is 92.9 Å². The molecule has 0 radical (unpaired) electrons. The number of nitrogens with zero attached hydrogens (tertiary/aromatic N) is 1. The molecule has 2 nitrogen and oxygen atoms in total. The maximum Gasteiger partial charge on any atom is 0.106 e. The normalized spacial score (nSPS) is 8.45. The first-order valence-electron chi connectivity index (χ1n) is 6.56. The van der Waals surface area contributed by atoms with Crippen molar-refractivity contribution in [3.05, 3.63) is 70.8 Å². The van der Waals surface area contributed by atoms with E-state index in [0.29, 0.717) is 0 Å². The molecule has 0 aliphatic rings. The minimum Gasteiger partial charge on any atom is -0.400 e. The van der Waals surface area contributed by atoms with Gasteiger partial charge in [-0.15, -0.1) is 5.16 Å². The Morgan fingerprint density at radius 2 is 0.900 bits per heavy atom. The number of rotatable bonds is 1. The molecule has 0 aromatic heterocycles. The van der Waals surface area contributed by atoms with Gasteiger partial charge in [0.2, 0.25) is 0 Å². The van der Waals surface area contributed by atoms with Crippen LogP contribution in [-0.2, 0) is 4.84 Å². The van der Waals surface area contributed by atoms with Gasteiger partial charge in [0.05, 0.1) is 0 Å². The highest BCUT2D eigenvalue weighted by atomic mass is 16.6. The van der Waals surface area contributed by atoms with Crippen molar-refractivity contribution in [2.45, 2.75) is 27.7 Å². The van der Waals surface area contributed by atoms with Gasteiger partial charge in [0.1, 0.15) is 7.11 Å². The molecule has 0 unspecified atom stereocenters. The molecule has 2 rings (SSSR count). The minimum atomic E-state index is 1.37. The third-order valence-corrected chi connectivity index (χ3v) is 2.98. The van der Waals surface area contributed by atoms with Crippen molar-refractivity contribution in [3.63, 3.8) is 0 Å². The molecule has 2 aromatic rings. The molecule has 0 aliphatic carbocycles. The van der Waals surface area contributed by atoms with Gasteiger partial charge in [-0.25, -0.2) is 0 Å². The molecule has 108 valence electrons. The highest BCUT2D eigenvalue weighted by Gasteiger charge is 1.84. The summed E-state index contributed by atoms with van der Waals surface area (Å²) in [6.45, 7) is 11.5. The molecule has 0 heterocycles. The average Bonchev–Trinajstić information content (AvgIpc) is 2.46. The summed E-state index contributed by atoms with van der Waals surface area (Å²) >= 11 is 0. The Labute approximate surface area is 123 Å². The van der Waals surface area contributed by atoms with E-state index in [1.807, 2.05) is 0 Å².